The molecule has 4 saturated carbocycles. The van der Waals surface area contributed by atoms with Crippen LogP contribution in [0.2, 0.25) is 0 Å². The Labute approximate surface area is 462 Å². The Morgan fingerprint density at radius 3 is 1.08 bits per heavy atom. The van der Waals surface area contributed by atoms with Crippen molar-refractivity contribution in [2.45, 2.75) is 86.2 Å². The Bertz CT molecular complexity index is 3470. The molecule has 4 aromatic rings. The maximum absolute atomic E-state index is 16.7. The van der Waals surface area contributed by atoms with E-state index in [1.807, 2.05) is 42.5 Å². The number of halogens is 4. The van der Waals surface area contributed by atoms with Crippen molar-refractivity contribution in [1.82, 2.24) is 4.90 Å². The number of rotatable bonds is 6. The van der Waals surface area contributed by atoms with Crippen LogP contribution in [0.1, 0.15) is 47.0 Å². The first-order valence-corrected chi connectivity index (χ1v) is 27.3. The molecule has 7 aliphatic heterocycles. The number of hydrogen-bond acceptors (Lipinski definition) is 16. The van der Waals surface area contributed by atoms with E-state index in [0.717, 1.165) is 10.8 Å². The fraction of sp³-hybridized carbons (Fsp3) is 0.439. The SMILES string of the molecule is COC1(OC)[C@@]2(Cl)C3N=C4C(=O)c5ccccc5C(=O)C4=NC3[C@]1(Cl)C1C2[C@H]2O[C@@H]1C13C(=O)N(Cc4ccc5ccccc5c4)C(=O)C21[C@H]1O[C@@H]3C2C1[C@@]1(Cl)C3N=C4C(=O)c5ccccc5C(=O)C4=NC3[C@]2(Cl)C1(OC)OC. The number of alkyl halides is 4. The number of carbonyl (C=O) groups excluding carboxylic acids is 6. The molecule has 0 aromatic heterocycles. The van der Waals surface area contributed by atoms with Crippen LogP contribution in [-0.2, 0) is 44.6 Å². The van der Waals surface area contributed by atoms with Crippen molar-refractivity contribution in [2.24, 2.45) is 54.5 Å². The Morgan fingerprint density at radius 1 is 0.449 bits per heavy atom. The van der Waals surface area contributed by atoms with Gasteiger partial charge in [-0.1, -0.05) is 84.9 Å². The van der Waals surface area contributed by atoms with E-state index in [2.05, 4.69) is 0 Å². The van der Waals surface area contributed by atoms with Gasteiger partial charge in [0, 0.05) is 74.4 Å². The quantitative estimate of drug-likeness (QED) is 0.141. The third-order valence-corrected chi connectivity index (χ3v) is 24.0. The van der Waals surface area contributed by atoms with Crippen LogP contribution in [0.5, 0.6) is 0 Å². The van der Waals surface area contributed by atoms with E-state index in [9.17, 15) is 19.2 Å². The average molecular weight is 1130 g/mol. The van der Waals surface area contributed by atoms with Crippen LogP contribution in [0.15, 0.2) is 111 Å². The van der Waals surface area contributed by atoms with Crippen molar-refractivity contribution in [1.29, 1.82) is 0 Å². The third kappa shape index (κ3) is 4.19. The van der Waals surface area contributed by atoms with Crippen molar-refractivity contribution < 1.29 is 57.2 Å². The standard InChI is InChI=1S/C57H41Cl4N5O12/c1-73-56(74-2)52(58)28-29(53(56,59)41-40(52)62-32-33(63-41)37(68)25-14-8-7-13-24(25)36(32)67)45-51-47-31-30(46(78-47)50(51,44(28)77-45)48(71)66(49(51)72)20-21-17-18-22-11-5-6-12-23(22)19-21)54(60)42-43(55(31,61)57(54,75-3)76-4)65-35-34(64-42)38(69)26-15-9-10-16-27(26)39(35)70/h5-19,28-31,40-47H,20H2,1-4H3/t28?,29?,30?,31?,40?,41?,42?,43?,44-,45+,46+,47-,50?,51?,52+,53-,54-,55+. The number of imide groups is 1. The highest BCUT2D eigenvalue weighted by Crippen LogP contribution is 2.90. The molecule has 6 aliphatic carbocycles. The van der Waals surface area contributed by atoms with Gasteiger partial charge in [0.15, 0.2) is 0 Å². The lowest BCUT2D eigenvalue weighted by atomic mass is 9.41. The molecular weight excluding hydrogens is 1090 g/mol. The van der Waals surface area contributed by atoms with Crippen LogP contribution in [0, 0.1) is 34.5 Å². The van der Waals surface area contributed by atoms with E-state index in [0.29, 0.717) is 5.56 Å². The molecule has 78 heavy (non-hydrogen) atoms. The number of hydrogen-bond donors (Lipinski definition) is 0. The largest absolute Gasteiger partial charge is 0.372 e. The third-order valence-electron chi connectivity index (χ3n) is 21.1. The van der Waals surface area contributed by atoms with Crippen molar-refractivity contribution in [2.75, 3.05) is 28.4 Å². The number of nitrogens with zero attached hydrogens (tertiary/aromatic N) is 5. The summed E-state index contributed by atoms with van der Waals surface area (Å²) in [7, 11) is 5.53. The van der Waals surface area contributed by atoms with E-state index in [1.165, 1.54) is 33.3 Å². The molecule has 17 rings (SSSR count). The van der Waals surface area contributed by atoms with Gasteiger partial charge in [-0.25, -0.2) is 0 Å². The lowest BCUT2D eigenvalue weighted by molar-refractivity contribution is -0.236. The van der Waals surface area contributed by atoms with Gasteiger partial charge >= 0.3 is 0 Å². The van der Waals surface area contributed by atoms with Crippen LogP contribution in [-0.4, -0.2) is 171 Å². The van der Waals surface area contributed by atoms with Crippen LogP contribution in [0.25, 0.3) is 10.8 Å². The van der Waals surface area contributed by atoms with E-state index in [1.54, 1.807) is 48.5 Å². The molecule has 18 atom stereocenters. The summed E-state index contributed by atoms with van der Waals surface area (Å²) in [5.41, 5.74) is -3.50. The van der Waals surface area contributed by atoms with Crippen LogP contribution < -0.4 is 0 Å². The lowest BCUT2D eigenvalue weighted by Gasteiger charge is -2.57. The fourth-order valence-electron chi connectivity index (χ4n) is 19.0. The molecular formula is C57H41Cl4N5O12. The Hall–Kier alpha value is -5.44. The number of benzene rings is 4. The number of ether oxygens (including phenoxy) is 6. The van der Waals surface area contributed by atoms with Gasteiger partial charge in [-0.2, -0.15) is 0 Å². The van der Waals surface area contributed by atoms with Gasteiger partial charge in [-0.3, -0.25) is 53.6 Å². The summed E-state index contributed by atoms with van der Waals surface area (Å²) in [6, 6.07) is 21.4. The summed E-state index contributed by atoms with van der Waals surface area (Å²) in [6.07, 6.45) is -5.34. The van der Waals surface area contributed by atoms with Gasteiger partial charge in [0.25, 0.3) is 0 Å². The topological polar surface area (TPSA) is 210 Å². The van der Waals surface area contributed by atoms with Crippen LogP contribution >= 0.6 is 46.4 Å². The number of fused-ring (bicyclic) bond motifs is 29. The maximum Gasteiger partial charge on any atom is 0.242 e. The minimum atomic E-state index is -2.03. The summed E-state index contributed by atoms with van der Waals surface area (Å²) in [6.45, 7) is -0.152. The smallest absolute Gasteiger partial charge is 0.242 e. The van der Waals surface area contributed by atoms with Gasteiger partial charge in [0.05, 0.1) is 31.0 Å². The van der Waals surface area contributed by atoms with Crippen molar-refractivity contribution >= 4 is 115 Å². The second-order valence-corrected chi connectivity index (χ2v) is 25.4. The van der Waals surface area contributed by atoms with Crippen LogP contribution in [0.3, 0.4) is 0 Å². The first-order valence-electron chi connectivity index (χ1n) is 25.8. The first-order chi connectivity index (χ1) is 37.5. The number of methoxy groups -OCH3 is 4. The molecule has 5 saturated heterocycles. The number of likely N-dealkylation sites (tertiary alicyclic amines) is 1. The fourth-order valence-corrected chi connectivity index (χ4v) is 22.0. The summed E-state index contributed by atoms with van der Waals surface area (Å²) >= 11 is 33.6. The van der Waals surface area contributed by atoms with Gasteiger partial charge < -0.3 is 28.4 Å². The molecule has 394 valence electrons. The molecule has 17 nitrogen and oxygen atoms in total. The molecule has 4 aromatic carbocycles. The van der Waals surface area contributed by atoms with Gasteiger partial charge in [0.2, 0.25) is 46.5 Å². The zero-order chi connectivity index (χ0) is 53.7. The van der Waals surface area contributed by atoms with E-state index in [-0.39, 0.29) is 51.6 Å². The highest BCUT2D eigenvalue weighted by molar-refractivity contribution is 6.88. The molecule has 8 bridgehead atoms. The predicted octanol–water partition coefficient (Wildman–Crippen LogP) is 5.08. The average Bonchev–Trinajstić information content (AvgIpc) is 1.43. The van der Waals surface area contributed by atoms with Gasteiger partial charge in [-0.05, 0) is 22.4 Å². The van der Waals surface area contributed by atoms with Gasteiger partial charge in [-0.15, -0.1) is 46.4 Å². The first kappa shape index (κ1) is 47.4. The maximum atomic E-state index is 16.7. The molecule has 13 aliphatic rings. The number of aliphatic imine (C=N–C) groups is 4. The molecule has 7 heterocycles. The summed E-state index contributed by atoms with van der Waals surface area (Å²) in [4.78, 5) is 105. The minimum absolute atomic E-state index is 0.147. The predicted molar refractivity (Wildman–Crippen MR) is 279 cm³/mol. The zero-order valence-corrected chi connectivity index (χ0v) is 44.5. The monoisotopic (exact) mass is 1130 g/mol. The zero-order valence-electron chi connectivity index (χ0n) is 41.4. The summed E-state index contributed by atoms with van der Waals surface area (Å²) < 4.78 is 40.7. The Kier molecular flexibility index (Phi) is 8.61. The molecule has 0 N–H and O–H groups in total. The lowest BCUT2D eigenvalue weighted by Crippen LogP contribution is -2.74. The van der Waals surface area contributed by atoms with Crippen molar-refractivity contribution in [3.8, 4) is 0 Å². The number of ketones is 4. The van der Waals surface area contributed by atoms with Crippen molar-refractivity contribution in [3.63, 3.8) is 0 Å². The normalized spacial score (nSPS) is 44.7. The molecule has 10 unspecified atom stereocenters. The minimum Gasteiger partial charge on any atom is -0.372 e. The second kappa shape index (κ2) is 14.2. The van der Waals surface area contributed by atoms with Crippen molar-refractivity contribution in [3.05, 3.63) is 119 Å². The Balaban J connectivity index is 0.893. The summed E-state index contributed by atoms with van der Waals surface area (Å²) in [5.74, 6) is -11.7. The molecule has 2 amide bonds. The molecule has 0 radical (unpaired) electrons. The van der Waals surface area contributed by atoms with E-state index in [4.69, 9.17) is 94.8 Å². The number of Topliss-reactive ketones (excluding diaryl/α,β-unsaturated/α-hetero) is 4. The molecule has 9 fully saturated rings. The number of carbonyl (C=O) groups is 6. The highest BCUT2D eigenvalue weighted by Gasteiger charge is 3.07. The number of amides is 2. The highest BCUT2D eigenvalue weighted by atomic mass is 35.5. The van der Waals surface area contributed by atoms with E-state index < -0.39 is 149 Å². The van der Waals surface area contributed by atoms with Gasteiger partial charge in [0.1, 0.15) is 77.3 Å². The second-order valence-electron chi connectivity index (χ2n) is 22.9. The van der Waals surface area contributed by atoms with E-state index >= 15 is 9.59 Å². The summed E-state index contributed by atoms with van der Waals surface area (Å²) in [5, 5.41) is 1.84. The van der Waals surface area contributed by atoms with Crippen LogP contribution in [0.4, 0.5) is 0 Å². The molecule has 21 heteroatoms. The Morgan fingerprint density at radius 2 is 0.756 bits per heavy atom. The molecule has 0 spiro atoms.